The molecule has 6 nitrogen and oxygen atoms in total. The lowest BCUT2D eigenvalue weighted by Gasteiger charge is -2.23. The molecule has 0 bridgehead atoms. The molecule has 0 aliphatic carbocycles. The SMILES string of the molecule is c1nn(C2CCNCC2)cc1-c1ccn(C2CCNCC2)n1. The number of aromatic nitrogens is 4. The number of hydrogen-bond acceptors (Lipinski definition) is 4. The molecule has 0 amide bonds. The number of nitrogens with zero attached hydrogens (tertiary/aromatic N) is 4. The van der Waals surface area contributed by atoms with Gasteiger partial charge in [0.05, 0.1) is 24.0 Å². The molecule has 6 heteroatoms. The summed E-state index contributed by atoms with van der Waals surface area (Å²) in [4.78, 5) is 0. The van der Waals surface area contributed by atoms with Crippen molar-refractivity contribution in [1.82, 2.24) is 30.2 Å². The summed E-state index contributed by atoms with van der Waals surface area (Å²) < 4.78 is 4.26. The molecule has 2 aromatic heterocycles. The van der Waals surface area contributed by atoms with E-state index < -0.39 is 0 Å². The van der Waals surface area contributed by atoms with E-state index in [1.54, 1.807) is 0 Å². The van der Waals surface area contributed by atoms with Crippen molar-refractivity contribution in [3.05, 3.63) is 24.7 Å². The first-order valence-corrected chi connectivity index (χ1v) is 8.41. The average Bonchev–Trinajstić information content (AvgIpc) is 3.26. The van der Waals surface area contributed by atoms with Crippen molar-refractivity contribution >= 4 is 0 Å². The smallest absolute Gasteiger partial charge is 0.0954 e. The molecule has 0 radical (unpaired) electrons. The van der Waals surface area contributed by atoms with Gasteiger partial charge in [0.15, 0.2) is 0 Å². The topological polar surface area (TPSA) is 59.7 Å². The van der Waals surface area contributed by atoms with Crippen molar-refractivity contribution in [2.75, 3.05) is 26.2 Å². The van der Waals surface area contributed by atoms with Gasteiger partial charge >= 0.3 is 0 Å². The highest BCUT2D eigenvalue weighted by atomic mass is 15.3. The molecule has 4 heterocycles. The van der Waals surface area contributed by atoms with Gasteiger partial charge in [-0.25, -0.2) is 0 Å². The van der Waals surface area contributed by atoms with E-state index in [0.29, 0.717) is 12.1 Å². The molecular weight excluding hydrogens is 276 g/mol. The van der Waals surface area contributed by atoms with Gasteiger partial charge in [-0.2, -0.15) is 10.2 Å². The normalized spacial score (nSPS) is 21.3. The molecule has 118 valence electrons. The lowest BCUT2D eigenvalue weighted by molar-refractivity contribution is 0.342. The summed E-state index contributed by atoms with van der Waals surface area (Å²) in [7, 11) is 0. The first-order chi connectivity index (χ1) is 10.9. The van der Waals surface area contributed by atoms with Crippen molar-refractivity contribution in [3.63, 3.8) is 0 Å². The van der Waals surface area contributed by atoms with Gasteiger partial charge < -0.3 is 10.6 Å². The van der Waals surface area contributed by atoms with Gasteiger partial charge in [0.25, 0.3) is 0 Å². The molecular formula is C16H24N6. The summed E-state index contributed by atoms with van der Waals surface area (Å²) in [6.45, 7) is 4.36. The molecule has 0 saturated carbocycles. The van der Waals surface area contributed by atoms with E-state index >= 15 is 0 Å². The van der Waals surface area contributed by atoms with Crippen LogP contribution < -0.4 is 10.6 Å². The summed E-state index contributed by atoms with van der Waals surface area (Å²) >= 11 is 0. The zero-order valence-corrected chi connectivity index (χ0v) is 12.9. The minimum absolute atomic E-state index is 0.529. The molecule has 2 aromatic rings. The van der Waals surface area contributed by atoms with Crippen LogP contribution >= 0.6 is 0 Å². The third-order valence-corrected chi connectivity index (χ3v) is 4.87. The molecule has 4 rings (SSSR count). The van der Waals surface area contributed by atoms with E-state index in [2.05, 4.69) is 43.6 Å². The van der Waals surface area contributed by atoms with E-state index in [-0.39, 0.29) is 0 Å². The minimum atomic E-state index is 0.529. The van der Waals surface area contributed by atoms with E-state index in [1.807, 2.05) is 6.20 Å². The Hall–Kier alpha value is -1.66. The van der Waals surface area contributed by atoms with E-state index in [4.69, 9.17) is 5.10 Å². The largest absolute Gasteiger partial charge is 0.317 e. The van der Waals surface area contributed by atoms with Crippen molar-refractivity contribution in [3.8, 4) is 11.3 Å². The zero-order chi connectivity index (χ0) is 14.8. The summed E-state index contributed by atoms with van der Waals surface area (Å²) in [5.41, 5.74) is 2.17. The van der Waals surface area contributed by atoms with Crippen LogP contribution in [0.3, 0.4) is 0 Å². The Bertz CT molecular complexity index is 549. The zero-order valence-electron chi connectivity index (χ0n) is 12.9. The Balaban J connectivity index is 1.50. The maximum atomic E-state index is 4.79. The average molecular weight is 300 g/mol. The highest BCUT2D eigenvalue weighted by Gasteiger charge is 2.18. The van der Waals surface area contributed by atoms with E-state index in [0.717, 1.165) is 63.1 Å². The molecule has 0 atom stereocenters. The van der Waals surface area contributed by atoms with Crippen LogP contribution in [0.15, 0.2) is 24.7 Å². The Morgan fingerprint density at radius 3 is 2.23 bits per heavy atom. The van der Waals surface area contributed by atoms with E-state index in [1.165, 1.54) is 0 Å². The fourth-order valence-corrected chi connectivity index (χ4v) is 3.51. The second-order valence-electron chi connectivity index (χ2n) is 6.35. The van der Waals surface area contributed by atoms with Crippen LogP contribution in [0.5, 0.6) is 0 Å². The highest BCUT2D eigenvalue weighted by molar-refractivity contribution is 5.56. The van der Waals surface area contributed by atoms with Crippen molar-refractivity contribution < 1.29 is 0 Å². The van der Waals surface area contributed by atoms with Crippen molar-refractivity contribution in [2.45, 2.75) is 37.8 Å². The first kappa shape index (κ1) is 14.0. The van der Waals surface area contributed by atoms with Gasteiger partial charge in [-0.05, 0) is 57.9 Å². The lowest BCUT2D eigenvalue weighted by atomic mass is 10.1. The van der Waals surface area contributed by atoms with Crippen LogP contribution in [0.2, 0.25) is 0 Å². The number of nitrogens with one attached hydrogen (secondary N) is 2. The summed E-state index contributed by atoms with van der Waals surface area (Å²) in [6, 6.07) is 3.18. The molecule has 2 fully saturated rings. The van der Waals surface area contributed by atoms with Crippen LogP contribution in [-0.2, 0) is 0 Å². The fourth-order valence-electron chi connectivity index (χ4n) is 3.51. The van der Waals surface area contributed by atoms with Crippen LogP contribution in [0.4, 0.5) is 0 Å². The fraction of sp³-hybridized carbons (Fsp3) is 0.625. The minimum Gasteiger partial charge on any atom is -0.317 e. The van der Waals surface area contributed by atoms with Crippen molar-refractivity contribution in [2.24, 2.45) is 0 Å². The standard InChI is InChI=1S/C16H24N6/c1-6-17-7-2-14(1)21-10-5-16(20-21)13-11-19-22(12-13)15-3-8-18-9-4-15/h5,10-12,14-15,17-18H,1-4,6-9H2. The second kappa shape index (κ2) is 6.22. The molecule has 22 heavy (non-hydrogen) atoms. The predicted molar refractivity (Wildman–Crippen MR) is 85.7 cm³/mol. The third-order valence-electron chi connectivity index (χ3n) is 4.87. The van der Waals surface area contributed by atoms with Crippen LogP contribution in [0.1, 0.15) is 37.8 Å². The van der Waals surface area contributed by atoms with Gasteiger partial charge in [-0.1, -0.05) is 0 Å². The molecule has 2 saturated heterocycles. The Labute approximate surface area is 130 Å². The highest BCUT2D eigenvalue weighted by Crippen LogP contribution is 2.24. The third kappa shape index (κ3) is 2.80. The van der Waals surface area contributed by atoms with Crippen LogP contribution in [0, 0.1) is 0 Å². The molecule has 0 aromatic carbocycles. The van der Waals surface area contributed by atoms with Crippen LogP contribution in [0.25, 0.3) is 11.3 Å². The Morgan fingerprint density at radius 2 is 1.55 bits per heavy atom. The van der Waals surface area contributed by atoms with Gasteiger partial charge in [0.1, 0.15) is 0 Å². The second-order valence-corrected chi connectivity index (χ2v) is 6.35. The summed E-state index contributed by atoms with van der Waals surface area (Å²) in [5, 5.41) is 16.2. The monoisotopic (exact) mass is 300 g/mol. The molecule has 2 N–H and O–H groups in total. The number of piperidine rings is 2. The van der Waals surface area contributed by atoms with Gasteiger partial charge in [-0.3, -0.25) is 9.36 Å². The summed E-state index contributed by atoms with van der Waals surface area (Å²) in [5.74, 6) is 0. The predicted octanol–water partition coefficient (Wildman–Crippen LogP) is 1.60. The van der Waals surface area contributed by atoms with Crippen molar-refractivity contribution in [1.29, 1.82) is 0 Å². The number of hydrogen-bond donors (Lipinski definition) is 2. The number of rotatable bonds is 3. The van der Waals surface area contributed by atoms with Gasteiger partial charge in [-0.15, -0.1) is 0 Å². The maximum absolute atomic E-state index is 4.79. The Kier molecular flexibility index (Phi) is 3.95. The van der Waals surface area contributed by atoms with Gasteiger partial charge in [0, 0.05) is 18.0 Å². The van der Waals surface area contributed by atoms with E-state index in [9.17, 15) is 0 Å². The lowest BCUT2D eigenvalue weighted by Crippen LogP contribution is -2.29. The quantitative estimate of drug-likeness (QED) is 0.904. The van der Waals surface area contributed by atoms with Crippen LogP contribution in [-0.4, -0.2) is 45.7 Å². The molecule has 0 unspecified atom stereocenters. The van der Waals surface area contributed by atoms with Gasteiger partial charge in [0.2, 0.25) is 0 Å². The molecule has 2 aliphatic heterocycles. The Morgan fingerprint density at radius 1 is 0.909 bits per heavy atom. The first-order valence-electron chi connectivity index (χ1n) is 8.41. The molecule has 0 spiro atoms. The summed E-state index contributed by atoms with van der Waals surface area (Å²) in [6.07, 6.45) is 10.9. The maximum Gasteiger partial charge on any atom is 0.0954 e. The molecule has 2 aliphatic rings.